The zero-order valence-electron chi connectivity index (χ0n) is 13.4. The Bertz CT molecular complexity index is 638. The van der Waals surface area contributed by atoms with Crippen LogP contribution in [0.25, 0.3) is 0 Å². The van der Waals surface area contributed by atoms with Crippen LogP contribution in [0.2, 0.25) is 5.02 Å². The Kier molecular flexibility index (Phi) is 5.24. The molecule has 1 aromatic rings. The molecule has 0 saturated carbocycles. The van der Waals surface area contributed by atoms with E-state index in [0.717, 1.165) is 12.1 Å². The predicted octanol–water partition coefficient (Wildman–Crippen LogP) is 3.14. The van der Waals surface area contributed by atoms with Crippen LogP contribution >= 0.6 is 11.6 Å². The fourth-order valence-corrected chi connectivity index (χ4v) is 3.26. The summed E-state index contributed by atoms with van der Waals surface area (Å²) in [5.41, 5.74) is -1.25. The zero-order chi connectivity index (χ0) is 18.1. The van der Waals surface area contributed by atoms with Crippen molar-refractivity contribution < 1.29 is 27.4 Å². The number of ether oxygens (including phenoxy) is 2. The molecule has 0 aliphatic carbocycles. The Labute approximate surface area is 148 Å². The van der Waals surface area contributed by atoms with Gasteiger partial charge < -0.3 is 14.8 Å². The first-order valence-corrected chi connectivity index (χ1v) is 8.32. The predicted molar refractivity (Wildman–Crippen MR) is 85.4 cm³/mol. The fourth-order valence-electron chi connectivity index (χ4n) is 3.09. The van der Waals surface area contributed by atoms with Gasteiger partial charge >= 0.3 is 6.18 Å². The Morgan fingerprint density at radius 1 is 1.24 bits per heavy atom. The van der Waals surface area contributed by atoms with Crippen LogP contribution in [0.4, 0.5) is 18.9 Å². The molecule has 0 radical (unpaired) electrons. The molecule has 5 nitrogen and oxygen atoms in total. The molecule has 1 aromatic carbocycles. The number of nitrogens with zero attached hydrogens (tertiary/aromatic N) is 1. The quantitative estimate of drug-likeness (QED) is 0.878. The molecule has 2 fully saturated rings. The van der Waals surface area contributed by atoms with Crippen molar-refractivity contribution in [3.8, 4) is 0 Å². The topological polar surface area (TPSA) is 50.8 Å². The monoisotopic (exact) mass is 378 g/mol. The van der Waals surface area contributed by atoms with E-state index in [0.29, 0.717) is 39.1 Å². The molecule has 1 N–H and O–H groups in total. The molecule has 0 aromatic heterocycles. The van der Waals surface area contributed by atoms with Crippen molar-refractivity contribution in [3.05, 3.63) is 28.8 Å². The molecule has 0 unspecified atom stereocenters. The van der Waals surface area contributed by atoms with E-state index in [1.165, 1.54) is 6.07 Å². The number of halogens is 4. The van der Waals surface area contributed by atoms with Crippen LogP contribution in [0.3, 0.4) is 0 Å². The summed E-state index contributed by atoms with van der Waals surface area (Å²) < 4.78 is 50.4. The van der Waals surface area contributed by atoms with Crippen molar-refractivity contribution in [2.45, 2.75) is 24.8 Å². The number of alkyl halides is 3. The van der Waals surface area contributed by atoms with Gasteiger partial charge in [-0.25, -0.2) is 0 Å². The van der Waals surface area contributed by atoms with E-state index >= 15 is 0 Å². The second kappa shape index (κ2) is 7.11. The van der Waals surface area contributed by atoms with Gasteiger partial charge in [-0.1, -0.05) is 11.6 Å². The minimum atomic E-state index is -4.60. The second-order valence-corrected chi connectivity index (χ2v) is 6.56. The second-order valence-electron chi connectivity index (χ2n) is 6.12. The fraction of sp³-hybridized carbons (Fsp3) is 0.562. The highest BCUT2D eigenvalue weighted by molar-refractivity contribution is 6.30. The van der Waals surface area contributed by atoms with Gasteiger partial charge in [0, 0.05) is 31.0 Å². The number of benzene rings is 1. The van der Waals surface area contributed by atoms with Gasteiger partial charge in [-0.15, -0.1) is 0 Å². The molecule has 2 saturated heterocycles. The molecule has 0 atom stereocenters. The largest absolute Gasteiger partial charge is 0.418 e. The summed E-state index contributed by atoms with van der Waals surface area (Å²) in [5, 5.41) is 2.29. The first kappa shape index (κ1) is 18.4. The van der Waals surface area contributed by atoms with Crippen LogP contribution in [0, 0.1) is 0 Å². The molecule has 0 bridgehead atoms. The van der Waals surface area contributed by atoms with Crippen LogP contribution in [-0.4, -0.2) is 49.4 Å². The lowest BCUT2D eigenvalue weighted by molar-refractivity contribution is -0.185. The van der Waals surface area contributed by atoms with Crippen molar-refractivity contribution in [1.82, 2.24) is 4.90 Å². The third-order valence-corrected chi connectivity index (χ3v) is 4.59. The van der Waals surface area contributed by atoms with Crippen LogP contribution < -0.4 is 5.32 Å². The van der Waals surface area contributed by atoms with Gasteiger partial charge in [0.05, 0.1) is 31.0 Å². The number of rotatable bonds is 3. The molecular formula is C16H18ClF3N2O3. The van der Waals surface area contributed by atoms with E-state index < -0.39 is 23.4 Å². The summed E-state index contributed by atoms with van der Waals surface area (Å²) in [7, 11) is 0. The molecule has 9 heteroatoms. The van der Waals surface area contributed by atoms with Gasteiger partial charge in [0.2, 0.25) is 5.91 Å². The van der Waals surface area contributed by atoms with Crippen LogP contribution in [-0.2, 0) is 20.4 Å². The van der Waals surface area contributed by atoms with Gasteiger partial charge in [0.15, 0.2) is 5.79 Å². The summed E-state index contributed by atoms with van der Waals surface area (Å²) in [6.45, 7) is 2.31. The van der Waals surface area contributed by atoms with Gasteiger partial charge in [0.1, 0.15) is 0 Å². The molecule has 1 spiro atoms. The molecule has 1 amide bonds. The summed E-state index contributed by atoms with van der Waals surface area (Å²) in [6, 6.07) is 3.27. The van der Waals surface area contributed by atoms with E-state index in [1.807, 2.05) is 4.90 Å². The maximum atomic E-state index is 13.1. The van der Waals surface area contributed by atoms with Crippen molar-refractivity contribution >= 4 is 23.2 Å². The number of amides is 1. The number of hydrogen-bond donors (Lipinski definition) is 1. The first-order valence-electron chi connectivity index (χ1n) is 7.94. The third kappa shape index (κ3) is 4.44. The van der Waals surface area contributed by atoms with Crippen molar-refractivity contribution in [2.75, 3.05) is 38.2 Å². The maximum absolute atomic E-state index is 13.1. The van der Waals surface area contributed by atoms with Gasteiger partial charge in [-0.05, 0) is 18.2 Å². The number of nitrogens with one attached hydrogen (secondary N) is 1. The maximum Gasteiger partial charge on any atom is 0.418 e. The lowest BCUT2D eigenvalue weighted by atomic mass is 10.0. The lowest BCUT2D eigenvalue weighted by Gasteiger charge is -2.37. The molecule has 25 heavy (non-hydrogen) atoms. The van der Waals surface area contributed by atoms with Crippen molar-refractivity contribution in [3.63, 3.8) is 0 Å². The van der Waals surface area contributed by atoms with Crippen molar-refractivity contribution in [1.29, 1.82) is 0 Å². The minimum Gasteiger partial charge on any atom is -0.347 e. The molecule has 138 valence electrons. The number of carbonyl (C=O) groups is 1. The molecular weight excluding hydrogens is 361 g/mol. The molecule has 2 aliphatic heterocycles. The lowest BCUT2D eigenvalue weighted by Crippen LogP contribution is -2.47. The SMILES string of the molecule is O=C(CN1CCC2(CC1)OCCO2)Nc1ccc(Cl)cc1C(F)(F)F. The number of anilines is 1. The normalized spacial score (nSPS) is 20.8. The third-order valence-electron chi connectivity index (χ3n) is 4.36. The minimum absolute atomic E-state index is 0.00992. The highest BCUT2D eigenvalue weighted by Gasteiger charge is 2.40. The van der Waals surface area contributed by atoms with Gasteiger partial charge in [0.25, 0.3) is 0 Å². The van der Waals surface area contributed by atoms with Crippen LogP contribution in [0.15, 0.2) is 18.2 Å². The van der Waals surface area contributed by atoms with E-state index in [4.69, 9.17) is 21.1 Å². The van der Waals surface area contributed by atoms with Crippen LogP contribution in [0.5, 0.6) is 0 Å². The van der Waals surface area contributed by atoms with E-state index in [1.54, 1.807) is 0 Å². The van der Waals surface area contributed by atoms with E-state index in [-0.39, 0.29) is 17.3 Å². The average Bonchev–Trinajstić information content (AvgIpc) is 2.99. The average molecular weight is 379 g/mol. The van der Waals surface area contributed by atoms with E-state index in [2.05, 4.69) is 5.32 Å². The Hall–Kier alpha value is -1.35. The summed E-state index contributed by atoms with van der Waals surface area (Å²) in [4.78, 5) is 14.0. The molecule has 2 heterocycles. The number of carbonyl (C=O) groups excluding carboxylic acids is 1. The highest BCUT2D eigenvalue weighted by Crippen LogP contribution is 2.36. The number of piperidine rings is 1. The van der Waals surface area contributed by atoms with Gasteiger partial charge in [-0.3, -0.25) is 9.69 Å². The van der Waals surface area contributed by atoms with Crippen LogP contribution in [0.1, 0.15) is 18.4 Å². The van der Waals surface area contributed by atoms with E-state index in [9.17, 15) is 18.0 Å². The molecule has 3 rings (SSSR count). The molecule has 2 aliphatic rings. The Morgan fingerprint density at radius 2 is 1.88 bits per heavy atom. The standard InChI is InChI=1S/C16H18ClF3N2O3/c17-11-1-2-13(12(9-11)16(18,19)20)21-14(23)10-22-5-3-15(4-6-22)24-7-8-25-15/h1-2,9H,3-8,10H2,(H,21,23). The Balaban J connectivity index is 1.58. The highest BCUT2D eigenvalue weighted by atomic mass is 35.5. The van der Waals surface area contributed by atoms with Gasteiger partial charge in [-0.2, -0.15) is 13.2 Å². The number of hydrogen-bond acceptors (Lipinski definition) is 4. The summed E-state index contributed by atoms with van der Waals surface area (Å²) in [6.07, 6.45) is -3.33. The van der Waals surface area contributed by atoms with Crippen molar-refractivity contribution in [2.24, 2.45) is 0 Å². The number of likely N-dealkylation sites (tertiary alicyclic amines) is 1. The zero-order valence-corrected chi connectivity index (χ0v) is 14.1. The smallest absolute Gasteiger partial charge is 0.347 e. The summed E-state index contributed by atoms with van der Waals surface area (Å²) >= 11 is 5.63. The Morgan fingerprint density at radius 3 is 2.48 bits per heavy atom. The first-order chi connectivity index (χ1) is 11.8. The summed E-state index contributed by atoms with van der Waals surface area (Å²) in [5.74, 6) is -1.05.